The van der Waals surface area contributed by atoms with Crippen molar-refractivity contribution in [3.8, 4) is 0 Å². The van der Waals surface area contributed by atoms with Gasteiger partial charge in [0.25, 0.3) is 0 Å². The molecule has 1 saturated carbocycles. The first kappa shape index (κ1) is 7.77. The number of carbonyl (C=O) groups excluding carboxylic acids is 1. The van der Waals surface area contributed by atoms with Gasteiger partial charge in [0.2, 0.25) is 0 Å². The monoisotopic (exact) mass is 140 g/mol. The van der Waals surface area contributed by atoms with Gasteiger partial charge in [-0.3, -0.25) is 4.79 Å². The minimum Gasteiger partial charge on any atom is -0.299 e. The summed E-state index contributed by atoms with van der Waals surface area (Å²) in [7, 11) is 0. The van der Waals surface area contributed by atoms with Crippen molar-refractivity contribution in [1.82, 2.24) is 0 Å². The van der Waals surface area contributed by atoms with Crippen molar-refractivity contribution in [1.29, 1.82) is 0 Å². The quantitative estimate of drug-likeness (QED) is 0.575. The maximum Gasteiger partial charge on any atom is 0.135 e. The minimum absolute atomic E-state index is 0.361. The van der Waals surface area contributed by atoms with Gasteiger partial charge in [-0.15, -0.1) is 0 Å². The lowest BCUT2D eigenvalue weighted by Gasteiger charge is -2.11. The SMILES string of the molecule is CCC[C@@H]1CCC(=O)[C@@H]1C. The van der Waals surface area contributed by atoms with Crippen LogP contribution in [0.25, 0.3) is 0 Å². The Bertz CT molecular complexity index is 129. The lowest BCUT2D eigenvalue weighted by Crippen LogP contribution is -2.09. The second-order valence-corrected chi connectivity index (χ2v) is 3.34. The molecule has 0 spiro atoms. The van der Waals surface area contributed by atoms with Crippen LogP contribution in [0.15, 0.2) is 0 Å². The van der Waals surface area contributed by atoms with E-state index < -0.39 is 0 Å². The first-order chi connectivity index (χ1) is 4.75. The highest BCUT2D eigenvalue weighted by Crippen LogP contribution is 2.31. The molecule has 1 nitrogen and oxygen atoms in total. The summed E-state index contributed by atoms with van der Waals surface area (Å²) in [4.78, 5) is 11.1. The van der Waals surface area contributed by atoms with Crippen LogP contribution in [0.2, 0.25) is 0 Å². The molecule has 1 heteroatoms. The van der Waals surface area contributed by atoms with Crippen molar-refractivity contribution in [2.24, 2.45) is 11.8 Å². The standard InChI is InChI=1S/C9H16O/c1-3-4-8-5-6-9(10)7(8)2/h7-8H,3-6H2,1-2H3/t7-,8-/m1/s1. The molecule has 1 fully saturated rings. The van der Waals surface area contributed by atoms with E-state index in [-0.39, 0.29) is 0 Å². The third kappa shape index (κ3) is 1.39. The van der Waals surface area contributed by atoms with Crippen LogP contribution in [-0.4, -0.2) is 5.78 Å². The summed E-state index contributed by atoms with van der Waals surface area (Å²) >= 11 is 0. The first-order valence-corrected chi connectivity index (χ1v) is 4.28. The van der Waals surface area contributed by atoms with E-state index in [0.29, 0.717) is 17.6 Å². The number of rotatable bonds is 2. The lowest BCUT2D eigenvalue weighted by atomic mass is 9.93. The fourth-order valence-electron chi connectivity index (χ4n) is 1.83. The maximum absolute atomic E-state index is 11.1. The molecular formula is C9H16O. The molecule has 0 unspecified atom stereocenters. The van der Waals surface area contributed by atoms with Crippen molar-refractivity contribution in [3.05, 3.63) is 0 Å². The van der Waals surface area contributed by atoms with E-state index in [1.165, 1.54) is 12.8 Å². The molecule has 0 aromatic carbocycles. The highest BCUT2D eigenvalue weighted by Gasteiger charge is 2.29. The molecule has 0 amide bonds. The molecule has 0 radical (unpaired) electrons. The summed E-state index contributed by atoms with van der Waals surface area (Å²) in [5.74, 6) is 1.55. The zero-order valence-corrected chi connectivity index (χ0v) is 6.89. The summed E-state index contributed by atoms with van der Waals surface area (Å²) < 4.78 is 0. The fourth-order valence-corrected chi connectivity index (χ4v) is 1.83. The van der Waals surface area contributed by atoms with Crippen molar-refractivity contribution in [2.75, 3.05) is 0 Å². The van der Waals surface area contributed by atoms with E-state index in [1.807, 2.05) is 0 Å². The number of Topliss-reactive ketones (excluding diaryl/α,β-unsaturated/α-hetero) is 1. The van der Waals surface area contributed by atoms with E-state index in [9.17, 15) is 4.79 Å². The Morgan fingerprint density at radius 1 is 1.60 bits per heavy atom. The maximum atomic E-state index is 11.1. The summed E-state index contributed by atoms with van der Waals surface area (Å²) in [6.45, 7) is 4.27. The third-order valence-corrected chi connectivity index (χ3v) is 2.64. The van der Waals surface area contributed by atoms with Crippen molar-refractivity contribution in [2.45, 2.75) is 39.5 Å². The Kier molecular flexibility index (Phi) is 2.47. The van der Waals surface area contributed by atoms with Gasteiger partial charge in [0.05, 0.1) is 0 Å². The zero-order valence-electron chi connectivity index (χ0n) is 6.89. The van der Waals surface area contributed by atoms with Crippen molar-refractivity contribution in [3.63, 3.8) is 0 Å². The van der Waals surface area contributed by atoms with Gasteiger partial charge in [-0.2, -0.15) is 0 Å². The van der Waals surface area contributed by atoms with Crippen LogP contribution in [0.5, 0.6) is 0 Å². The number of hydrogen-bond donors (Lipinski definition) is 0. The predicted molar refractivity (Wildman–Crippen MR) is 41.8 cm³/mol. The van der Waals surface area contributed by atoms with E-state index in [1.54, 1.807) is 0 Å². The molecule has 10 heavy (non-hydrogen) atoms. The highest BCUT2D eigenvalue weighted by molar-refractivity contribution is 5.82. The average Bonchev–Trinajstić information content (AvgIpc) is 2.20. The van der Waals surface area contributed by atoms with Gasteiger partial charge < -0.3 is 0 Å². The van der Waals surface area contributed by atoms with Gasteiger partial charge in [0, 0.05) is 12.3 Å². The molecule has 58 valence electrons. The molecule has 1 rings (SSSR count). The van der Waals surface area contributed by atoms with E-state index in [0.717, 1.165) is 12.8 Å². The molecule has 0 aromatic rings. The van der Waals surface area contributed by atoms with Crippen LogP contribution in [-0.2, 0) is 4.79 Å². The Balaban J connectivity index is 2.41. The number of hydrogen-bond acceptors (Lipinski definition) is 1. The van der Waals surface area contributed by atoms with E-state index in [4.69, 9.17) is 0 Å². The second-order valence-electron chi connectivity index (χ2n) is 3.34. The molecule has 0 bridgehead atoms. The number of carbonyl (C=O) groups is 1. The molecule has 2 atom stereocenters. The molecule has 0 aromatic heterocycles. The Morgan fingerprint density at radius 3 is 2.70 bits per heavy atom. The third-order valence-electron chi connectivity index (χ3n) is 2.64. The van der Waals surface area contributed by atoms with Gasteiger partial charge >= 0.3 is 0 Å². The molecule has 0 aliphatic heterocycles. The van der Waals surface area contributed by atoms with Crippen LogP contribution in [0.1, 0.15) is 39.5 Å². The van der Waals surface area contributed by atoms with Gasteiger partial charge in [0.1, 0.15) is 5.78 Å². The lowest BCUT2D eigenvalue weighted by molar-refractivity contribution is -0.120. The largest absolute Gasteiger partial charge is 0.299 e. The predicted octanol–water partition coefficient (Wildman–Crippen LogP) is 2.40. The summed E-state index contributed by atoms with van der Waals surface area (Å²) in [5, 5.41) is 0. The number of ketones is 1. The van der Waals surface area contributed by atoms with Gasteiger partial charge in [-0.25, -0.2) is 0 Å². The van der Waals surface area contributed by atoms with Crippen molar-refractivity contribution >= 4 is 5.78 Å². The highest BCUT2D eigenvalue weighted by atomic mass is 16.1. The van der Waals surface area contributed by atoms with Crippen LogP contribution in [0.3, 0.4) is 0 Å². The Hall–Kier alpha value is -0.330. The molecule has 0 saturated heterocycles. The molecule has 0 N–H and O–H groups in total. The van der Waals surface area contributed by atoms with E-state index >= 15 is 0 Å². The molecular weight excluding hydrogens is 124 g/mol. The average molecular weight is 140 g/mol. The molecule has 1 aliphatic carbocycles. The first-order valence-electron chi connectivity index (χ1n) is 4.28. The normalized spacial score (nSPS) is 33.2. The molecule has 0 heterocycles. The second kappa shape index (κ2) is 3.18. The summed E-state index contributed by atoms with van der Waals surface area (Å²) in [6.07, 6.45) is 4.45. The Labute approximate surface area is 62.8 Å². The van der Waals surface area contributed by atoms with Crippen LogP contribution in [0, 0.1) is 11.8 Å². The Morgan fingerprint density at radius 2 is 2.30 bits per heavy atom. The van der Waals surface area contributed by atoms with Crippen LogP contribution < -0.4 is 0 Å². The fraction of sp³-hybridized carbons (Fsp3) is 0.889. The summed E-state index contributed by atoms with van der Waals surface area (Å²) in [6, 6.07) is 0. The minimum atomic E-state index is 0.361. The van der Waals surface area contributed by atoms with E-state index in [2.05, 4.69) is 13.8 Å². The smallest absolute Gasteiger partial charge is 0.135 e. The zero-order chi connectivity index (χ0) is 7.56. The summed E-state index contributed by atoms with van der Waals surface area (Å²) in [5.41, 5.74) is 0. The molecule has 1 aliphatic rings. The van der Waals surface area contributed by atoms with Gasteiger partial charge in [-0.05, 0) is 12.3 Å². The van der Waals surface area contributed by atoms with Crippen molar-refractivity contribution < 1.29 is 4.79 Å². The van der Waals surface area contributed by atoms with Crippen LogP contribution >= 0.6 is 0 Å². The topological polar surface area (TPSA) is 17.1 Å². The van der Waals surface area contributed by atoms with Gasteiger partial charge in [0.15, 0.2) is 0 Å². The van der Waals surface area contributed by atoms with Gasteiger partial charge in [-0.1, -0.05) is 26.7 Å². The van der Waals surface area contributed by atoms with Crippen LogP contribution in [0.4, 0.5) is 0 Å².